The quantitative estimate of drug-likeness (QED) is 0.134. The van der Waals surface area contributed by atoms with E-state index in [2.05, 4.69) is 59.7 Å². The van der Waals surface area contributed by atoms with Crippen LogP contribution < -0.4 is 16.4 Å². The number of carbonyl (C=O) groups excluding carboxylic acids is 2. The second-order valence-electron chi connectivity index (χ2n) is 9.21. The number of amides is 2. The van der Waals surface area contributed by atoms with Crippen LogP contribution in [0.4, 0.5) is 5.69 Å². The van der Waals surface area contributed by atoms with Crippen LogP contribution in [0.15, 0.2) is 57.9 Å². The van der Waals surface area contributed by atoms with Crippen molar-refractivity contribution in [2.75, 3.05) is 19.6 Å². The topological polar surface area (TPSA) is 137 Å². The summed E-state index contributed by atoms with van der Waals surface area (Å²) in [6.45, 7) is 5.55. The van der Waals surface area contributed by atoms with Gasteiger partial charge in [-0.3, -0.25) is 14.9 Å². The zero-order chi connectivity index (χ0) is 29.3. The number of nitrogens with one attached hydrogen (secondary N) is 2. The molecule has 1 aromatic heterocycles. The largest absolute Gasteiger partial charge is 0.461 e. The summed E-state index contributed by atoms with van der Waals surface area (Å²) in [7, 11) is 0. The number of aryl methyl sites for hydroxylation is 2. The molecule has 2 heterocycles. The lowest BCUT2D eigenvalue weighted by atomic mass is 10.1. The van der Waals surface area contributed by atoms with Gasteiger partial charge in [0.05, 0.1) is 12.2 Å². The number of hydrogen-bond donors (Lipinski definition) is 3. The number of fused-ring (bicyclic) bond motifs is 1. The molecule has 0 atom stereocenters. The Morgan fingerprint density at radius 2 is 1.85 bits per heavy atom. The Morgan fingerprint density at radius 3 is 2.55 bits per heavy atom. The Hall–Kier alpha value is -4.76. The molecule has 0 radical (unpaired) electrons. The first-order valence-corrected chi connectivity index (χ1v) is 13.3. The molecule has 0 unspecified atom stereocenters. The summed E-state index contributed by atoms with van der Waals surface area (Å²) < 4.78 is 5.43. The van der Waals surface area contributed by atoms with Crippen LogP contribution in [-0.2, 0) is 22.4 Å². The Bertz CT molecular complexity index is 1330. The van der Waals surface area contributed by atoms with Crippen LogP contribution >= 0.6 is 0 Å². The van der Waals surface area contributed by atoms with Crippen molar-refractivity contribution in [1.82, 2.24) is 15.5 Å². The first kappa shape index (κ1) is 31.5. The van der Waals surface area contributed by atoms with Crippen LogP contribution in [-0.4, -0.2) is 42.3 Å². The molecule has 1 saturated heterocycles. The molecule has 0 bridgehead atoms. The normalized spacial score (nSPS) is 13.1. The van der Waals surface area contributed by atoms with Crippen LogP contribution in [0, 0.1) is 31.2 Å². The number of likely N-dealkylation sites (tertiary alicyclic amines) is 1. The van der Waals surface area contributed by atoms with Crippen molar-refractivity contribution in [1.29, 1.82) is 5.26 Å². The molecule has 4 N–H and O–H groups in total. The highest BCUT2D eigenvalue weighted by Crippen LogP contribution is 2.24. The summed E-state index contributed by atoms with van der Waals surface area (Å²) in [6.07, 6.45) is 15.2. The highest BCUT2D eigenvalue weighted by atomic mass is 16.3. The lowest BCUT2D eigenvalue weighted by Crippen LogP contribution is -2.41. The van der Waals surface area contributed by atoms with E-state index in [0.717, 1.165) is 48.8 Å². The van der Waals surface area contributed by atoms with E-state index < -0.39 is 0 Å². The lowest BCUT2D eigenvalue weighted by Gasteiger charge is -2.19. The molecular weight excluding hydrogens is 504 g/mol. The molecule has 2 aromatic carbocycles. The van der Waals surface area contributed by atoms with E-state index in [1.165, 1.54) is 11.1 Å². The molecule has 9 heteroatoms. The first-order chi connectivity index (χ1) is 19.4. The molecule has 9 nitrogen and oxygen atoms in total. The van der Waals surface area contributed by atoms with Gasteiger partial charge in [-0.1, -0.05) is 37.6 Å². The molecular formula is C31H38N6O3. The lowest BCUT2D eigenvalue weighted by molar-refractivity contribution is -0.135. The summed E-state index contributed by atoms with van der Waals surface area (Å²) in [6, 6.07) is 15.9. The van der Waals surface area contributed by atoms with E-state index in [1.54, 1.807) is 17.2 Å². The number of furan rings is 1. The molecule has 3 aromatic rings. The minimum atomic E-state index is -0.0552. The van der Waals surface area contributed by atoms with E-state index in [-0.39, 0.29) is 24.3 Å². The Kier molecular flexibility index (Phi) is 13.3. The van der Waals surface area contributed by atoms with Crippen LogP contribution in [0.25, 0.3) is 11.0 Å². The van der Waals surface area contributed by atoms with E-state index in [0.29, 0.717) is 25.2 Å². The fourth-order valence-electron chi connectivity index (χ4n) is 4.18. The predicted octanol–water partition coefficient (Wildman–Crippen LogP) is 4.32. The molecule has 4 rings (SSSR count). The fraction of sp³-hybridized carbons (Fsp3) is 0.355. The molecule has 0 aliphatic carbocycles. The average molecular weight is 543 g/mol. The number of aliphatic imine (C=N–C) groups is 1. The number of hydrogen-bond acceptors (Lipinski definition) is 5. The molecule has 1 aliphatic heterocycles. The first-order valence-electron chi connectivity index (χ1n) is 13.3. The van der Waals surface area contributed by atoms with E-state index in [4.69, 9.17) is 15.4 Å². The summed E-state index contributed by atoms with van der Waals surface area (Å²) in [4.78, 5) is 29.5. The van der Waals surface area contributed by atoms with Gasteiger partial charge in [0.1, 0.15) is 11.3 Å². The number of nitriles is 1. The number of benzene rings is 2. The maximum Gasteiger partial charge on any atom is 0.239 e. The van der Waals surface area contributed by atoms with Crippen molar-refractivity contribution in [3.8, 4) is 19.0 Å². The third kappa shape index (κ3) is 10.5. The smallest absolute Gasteiger partial charge is 0.239 e. The molecule has 1 fully saturated rings. The number of nitrogens with zero attached hydrogens (tertiary/aromatic N) is 3. The zero-order valence-corrected chi connectivity index (χ0v) is 23.3. The van der Waals surface area contributed by atoms with Crippen LogP contribution in [0.5, 0.6) is 0 Å². The van der Waals surface area contributed by atoms with Gasteiger partial charge < -0.3 is 20.4 Å². The highest BCUT2D eigenvalue weighted by molar-refractivity contribution is 5.86. The summed E-state index contributed by atoms with van der Waals surface area (Å²) in [5, 5.41) is 14.5. The van der Waals surface area contributed by atoms with Crippen molar-refractivity contribution in [3.05, 3.63) is 65.4 Å². The molecule has 0 spiro atoms. The summed E-state index contributed by atoms with van der Waals surface area (Å²) in [5.74, 6) is 0.976. The monoisotopic (exact) mass is 542 g/mol. The van der Waals surface area contributed by atoms with Crippen molar-refractivity contribution >= 4 is 34.4 Å². The van der Waals surface area contributed by atoms with E-state index in [9.17, 15) is 9.59 Å². The number of carbonyl (C=O) groups is 2. The SMILES string of the molecule is C#C.CCc1ccc(CCNC(=O)CN2CCCCCC2=O)cc1.Cc1cc2cc(N=C(N)NC#N)ccc2o1. The van der Waals surface area contributed by atoms with Gasteiger partial charge in [-0.2, -0.15) is 5.26 Å². The molecule has 0 saturated carbocycles. The van der Waals surface area contributed by atoms with E-state index >= 15 is 0 Å². The fourth-order valence-corrected chi connectivity index (χ4v) is 4.18. The molecule has 2 amide bonds. The van der Waals surface area contributed by atoms with Gasteiger partial charge >= 0.3 is 0 Å². The second-order valence-corrected chi connectivity index (χ2v) is 9.21. The third-order valence-corrected chi connectivity index (χ3v) is 6.23. The van der Waals surface area contributed by atoms with Gasteiger partial charge in [-0.15, -0.1) is 12.8 Å². The van der Waals surface area contributed by atoms with Crippen LogP contribution in [0.2, 0.25) is 0 Å². The van der Waals surface area contributed by atoms with E-state index in [1.807, 2.05) is 25.1 Å². The zero-order valence-electron chi connectivity index (χ0n) is 23.3. The van der Waals surface area contributed by atoms with Crippen LogP contribution in [0.3, 0.4) is 0 Å². The van der Waals surface area contributed by atoms with Gasteiger partial charge in [0.2, 0.25) is 17.8 Å². The van der Waals surface area contributed by atoms with Gasteiger partial charge in [-0.25, -0.2) is 4.99 Å². The van der Waals surface area contributed by atoms with Crippen molar-refractivity contribution in [2.24, 2.45) is 10.7 Å². The molecule has 40 heavy (non-hydrogen) atoms. The standard InChI is InChI=1S/C18H26N2O2.C11H10N4O.C2H2/c1-2-15-7-9-16(10-8-15)11-12-19-17(21)14-20-13-5-3-4-6-18(20)22;1-7-4-8-5-9(2-3-10(8)16-7)15-11(13)14-6-12;1-2/h7-10H,2-6,11-14H2,1H3,(H,19,21);2-5H,1H3,(H3,13,14,15);1-2H. The van der Waals surface area contributed by atoms with Gasteiger partial charge in [-0.05, 0) is 68.0 Å². The van der Waals surface area contributed by atoms with Crippen LogP contribution in [0.1, 0.15) is 49.5 Å². The van der Waals surface area contributed by atoms with Gasteiger partial charge in [0, 0.05) is 24.9 Å². The molecule has 1 aliphatic rings. The summed E-state index contributed by atoms with van der Waals surface area (Å²) in [5.41, 5.74) is 9.49. The van der Waals surface area contributed by atoms with Crippen molar-refractivity contribution < 1.29 is 14.0 Å². The molecule has 210 valence electrons. The number of rotatable bonds is 7. The Labute approximate surface area is 236 Å². The maximum atomic E-state index is 12.0. The third-order valence-electron chi connectivity index (χ3n) is 6.23. The Balaban J connectivity index is 0.000000275. The van der Waals surface area contributed by atoms with Gasteiger partial charge in [0.15, 0.2) is 6.19 Å². The minimum absolute atomic E-state index is 0.0552. The second kappa shape index (κ2) is 17.0. The average Bonchev–Trinajstić information content (AvgIpc) is 3.21. The number of nitrogens with two attached hydrogens (primary N) is 1. The van der Waals surface area contributed by atoms with Gasteiger partial charge in [0.25, 0.3) is 0 Å². The maximum absolute atomic E-state index is 12.0. The Morgan fingerprint density at radius 1 is 1.12 bits per heavy atom. The number of guanidine groups is 1. The van der Waals surface area contributed by atoms with Crippen molar-refractivity contribution in [3.63, 3.8) is 0 Å². The predicted molar refractivity (Wildman–Crippen MR) is 158 cm³/mol. The highest BCUT2D eigenvalue weighted by Gasteiger charge is 2.18. The summed E-state index contributed by atoms with van der Waals surface area (Å²) >= 11 is 0. The number of terminal acetylenes is 1. The minimum Gasteiger partial charge on any atom is -0.461 e. The van der Waals surface area contributed by atoms with Crippen molar-refractivity contribution in [2.45, 2.75) is 52.4 Å².